The first-order valence-corrected chi connectivity index (χ1v) is 12.6. The molecule has 1 amide bonds. The second-order valence-electron chi connectivity index (χ2n) is 9.72. The molecule has 4 aromatic rings. The van der Waals surface area contributed by atoms with Gasteiger partial charge in [0.2, 0.25) is 5.88 Å². The summed E-state index contributed by atoms with van der Waals surface area (Å²) in [6, 6.07) is 14.3. The number of amides is 1. The molecule has 8 nitrogen and oxygen atoms in total. The quantitative estimate of drug-likeness (QED) is 0.259. The number of alkyl halides is 3. The lowest BCUT2D eigenvalue weighted by Crippen LogP contribution is -2.38. The maximum absolute atomic E-state index is 14.0. The number of anilines is 2. The zero-order valence-corrected chi connectivity index (χ0v) is 22.5. The van der Waals surface area contributed by atoms with Crippen molar-refractivity contribution in [2.45, 2.75) is 39.5 Å². The number of benzene rings is 2. The minimum absolute atomic E-state index is 0.0744. The molecule has 0 radical (unpaired) electrons. The third-order valence-corrected chi connectivity index (χ3v) is 6.20. The average Bonchev–Trinajstić information content (AvgIpc) is 2.91. The molecular weight excluding hydrogens is 537 g/mol. The van der Waals surface area contributed by atoms with Gasteiger partial charge in [0.15, 0.2) is 18.9 Å². The Morgan fingerprint density at radius 1 is 1.05 bits per heavy atom. The van der Waals surface area contributed by atoms with Crippen molar-refractivity contribution in [2.24, 2.45) is 0 Å². The molecule has 0 aliphatic carbocycles. The molecule has 0 saturated heterocycles. The fraction of sp³-hybridized carbons (Fsp3) is 0.200. The number of pyridine rings is 2. The van der Waals surface area contributed by atoms with Gasteiger partial charge in [-0.2, -0.15) is 13.2 Å². The number of aromatic nitrogens is 2. The summed E-state index contributed by atoms with van der Waals surface area (Å²) >= 11 is 0. The van der Waals surface area contributed by atoms with Gasteiger partial charge in [0.25, 0.3) is 5.91 Å². The molecule has 0 fully saturated rings. The van der Waals surface area contributed by atoms with Crippen LogP contribution in [0.15, 0.2) is 79.3 Å². The van der Waals surface area contributed by atoms with E-state index in [-0.39, 0.29) is 29.1 Å². The topological polar surface area (TPSA) is 110 Å². The lowest BCUT2D eigenvalue weighted by molar-refractivity contribution is -0.688. The van der Waals surface area contributed by atoms with Gasteiger partial charge >= 0.3 is 12.1 Å². The highest BCUT2D eigenvalue weighted by Gasteiger charge is 2.36. The van der Waals surface area contributed by atoms with Crippen molar-refractivity contribution in [1.29, 1.82) is 0 Å². The number of carboxylic acids is 1. The summed E-state index contributed by atoms with van der Waals surface area (Å²) in [5, 5.41) is 9.95. The largest absolute Gasteiger partial charge is 0.478 e. The van der Waals surface area contributed by atoms with Crippen LogP contribution >= 0.6 is 0 Å². The molecule has 0 bridgehead atoms. The van der Waals surface area contributed by atoms with Crippen molar-refractivity contribution in [3.05, 3.63) is 107 Å². The van der Waals surface area contributed by atoms with Crippen LogP contribution in [0.2, 0.25) is 0 Å². The molecule has 2 aromatic carbocycles. The summed E-state index contributed by atoms with van der Waals surface area (Å²) in [6.07, 6.45) is -0.284. The number of aromatic carboxylic acids is 1. The molecule has 11 heteroatoms. The summed E-state index contributed by atoms with van der Waals surface area (Å²) in [4.78, 5) is 30.8. The SMILES string of the molecule is Cc1ccc(C(=O)N(c2ccc(Oc3ncc(C[n+]4ccc(N)cc4)cc3C(F)(F)F)cc2C(=O)O)C(C)C)cc1. The van der Waals surface area contributed by atoms with E-state index in [1.165, 1.54) is 23.2 Å². The van der Waals surface area contributed by atoms with E-state index >= 15 is 0 Å². The molecule has 0 aliphatic heterocycles. The van der Waals surface area contributed by atoms with Gasteiger partial charge in [0.1, 0.15) is 11.3 Å². The highest BCUT2D eigenvalue weighted by Crippen LogP contribution is 2.38. The highest BCUT2D eigenvalue weighted by molar-refractivity contribution is 6.09. The zero-order chi connectivity index (χ0) is 29.9. The van der Waals surface area contributed by atoms with Crippen LogP contribution < -0.4 is 19.9 Å². The standard InChI is InChI=1S/C30H27F3N4O4/c1-18(2)37(28(38)21-6-4-19(3)5-7-21)26-9-8-23(15-24(26)29(39)40)41-27-25(30(31,32)33)14-20(16-35-27)17-36-12-10-22(34)11-13-36/h4-16,18,34H,17H2,1-3H3,(H,39,40)/p+1. The van der Waals surface area contributed by atoms with E-state index in [4.69, 9.17) is 10.5 Å². The number of rotatable bonds is 8. The minimum Gasteiger partial charge on any atom is -0.478 e. The second kappa shape index (κ2) is 11.7. The summed E-state index contributed by atoms with van der Waals surface area (Å²) in [5.74, 6) is -2.72. The predicted octanol–water partition coefficient (Wildman–Crippen LogP) is 5.87. The van der Waals surface area contributed by atoms with Crippen LogP contribution in [-0.4, -0.2) is 28.0 Å². The highest BCUT2D eigenvalue weighted by atomic mass is 19.4. The maximum Gasteiger partial charge on any atom is 0.421 e. The third kappa shape index (κ3) is 6.81. The number of ether oxygens (including phenoxy) is 1. The van der Waals surface area contributed by atoms with E-state index in [0.29, 0.717) is 11.3 Å². The first-order valence-electron chi connectivity index (χ1n) is 12.6. The summed E-state index contributed by atoms with van der Waals surface area (Å²) in [6.45, 7) is 5.44. The number of carboxylic acid groups (broad SMARTS) is 1. The maximum atomic E-state index is 14.0. The normalized spacial score (nSPS) is 11.4. The Kier molecular flexibility index (Phi) is 8.27. The molecule has 0 saturated carbocycles. The summed E-state index contributed by atoms with van der Waals surface area (Å²) in [5.41, 5.74) is 6.39. The van der Waals surface area contributed by atoms with E-state index in [0.717, 1.165) is 17.7 Å². The number of nitrogen functional groups attached to an aromatic ring is 1. The number of carbonyl (C=O) groups is 2. The molecule has 212 valence electrons. The van der Waals surface area contributed by atoms with Gasteiger partial charge in [0, 0.05) is 41.2 Å². The Bertz CT molecular complexity index is 1570. The Morgan fingerprint density at radius 3 is 2.29 bits per heavy atom. The molecule has 2 heterocycles. The molecule has 0 spiro atoms. The third-order valence-electron chi connectivity index (χ3n) is 6.20. The second-order valence-corrected chi connectivity index (χ2v) is 9.72. The molecule has 41 heavy (non-hydrogen) atoms. The van der Waals surface area contributed by atoms with Gasteiger partial charge in [-0.05, 0) is 57.2 Å². The number of nitrogens with zero attached hydrogens (tertiary/aromatic N) is 3. The predicted molar refractivity (Wildman–Crippen MR) is 146 cm³/mol. The summed E-state index contributed by atoms with van der Waals surface area (Å²) in [7, 11) is 0. The van der Waals surface area contributed by atoms with Gasteiger partial charge in [-0.3, -0.25) is 4.79 Å². The molecule has 4 rings (SSSR count). The number of hydrogen-bond acceptors (Lipinski definition) is 5. The Hall–Kier alpha value is -4.93. The van der Waals surface area contributed by atoms with E-state index in [1.54, 1.807) is 67.2 Å². The van der Waals surface area contributed by atoms with E-state index in [1.807, 2.05) is 6.92 Å². The molecule has 0 aliphatic rings. The van der Waals surface area contributed by atoms with Gasteiger partial charge in [-0.15, -0.1) is 0 Å². The van der Waals surface area contributed by atoms with Crippen molar-refractivity contribution < 1.29 is 37.2 Å². The van der Waals surface area contributed by atoms with Crippen LogP contribution in [0, 0.1) is 6.92 Å². The lowest BCUT2D eigenvalue weighted by Gasteiger charge is -2.28. The van der Waals surface area contributed by atoms with Gasteiger partial charge in [0.05, 0.1) is 11.3 Å². The van der Waals surface area contributed by atoms with Crippen LogP contribution in [0.25, 0.3) is 0 Å². The average molecular weight is 566 g/mol. The molecule has 2 aromatic heterocycles. The van der Waals surface area contributed by atoms with Crippen molar-refractivity contribution >= 4 is 23.3 Å². The van der Waals surface area contributed by atoms with Crippen molar-refractivity contribution in [2.75, 3.05) is 10.6 Å². The van der Waals surface area contributed by atoms with Crippen LogP contribution in [-0.2, 0) is 12.7 Å². The zero-order valence-electron chi connectivity index (χ0n) is 22.5. The molecule has 3 N–H and O–H groups in total. The fourth-order valence-corrected chi connectivity index (χ4v) is 4.18. The number of aryl methyl sites for hydroxylation is 1. The fourth-order valence-electron chi connectivity index (χ4n) is 4.18. The van der Waals surface area contributed by atoms with Crippen molar-refractivity contribution in [3.63, 3.8) is 0 Å². The molecule has 0 atom stereocenters. The van der Waals surface area contributed by atoms with Crippen molar-refractivity contribution in [3.8, 4) is 11.6 Å². The van der Waals surface area contributed by atoms with Crippen LogP contribution in [0.1, 0.15) is 51.3 Å². The Labute approximate surface area is 234 Å². The molecular formula is C30H28F3N4O4+. The molecule has 0 unspecified atom stereocenters. The lowest BCUT2D eigenvalue weighted by atomic mass is 10.1. The van der Waals surface area contributed by atoms with E-state index in [2.05, 4.69) is 4.98 Å². The van der Waals surface area contributed by atoms with Crippen molar-refractivity contribution in [1.82, 2.24) is 4.98 Å². The van der Waals surface area contributed by atoms with Crippen LogP contribution in [0.4, 0.5) is 24.5 Å². The Balaban J connectivity index is 1.68. The smallest absolute Gasteiger partial charge is 0.421 e. The summed E-state index contributed by atoms with van der Waals surface area (Å²) < 4.78 is 49.1. The minimum atomic E-state index is -4.80. The van der Waals surface area contributed by atoms with Gasteiger partial charge in [-0.1, -0.05) is 17.7 Å². The first-order chi connectivity index (χ1) is 19.3. The number of carbonyl (C=O) groups excluding carboxylic acids is 1. The number of hydrogen-bond donors (Lipinski definition) is 2. The van der Waals surface area contributed by atoms with Gasteiger partial charge in [-0.25, -0.2) is 14.3 Å². The van der Waals surface area contributed by atoms with Gasteiger partial charge < -0.3 is 20.5 Å². The van der Waals surface area contributed by atoms with Crippen LogP contribution in [0.5, 0.6) is 11.6 Å². The Morgan fingerprint density at radius 2 is 1.71 bits per heavy atom. The van der Waals surface area contributed by atoms with Crippen LogP contribution in [0.3, 0.4) is 0 Å². The first kappa shape index (κ1) is 29.1. The van der Waals surface area contributed by atoms with E-state index < -0.39 is 35.5 Å². The number of halogens is 3. The monoisotopic (exact) mass is 565 g/mol. The van der Waals surface area contributed by atoms with E-state index in [9.17, 15) is 27.9 Å². The number of nitrogens with two attached hydrogens (primary N) is 1.